The number of hydrogen-bond acceptors (Lipinski definition) is 4. The normalized spacial score (nSPS) is 14.3. The molecule has 0 aliphatic carbocycles. The average molecular weight is 662 g/mol. The van der Waals surface area contributed by atoms with E-state index in [4.69, 9.17) is 0 Å². The van der Waals surface area contributed by atoms with Gasteiger partial charge in [0, 0.05) is 36.0 Å². The lowest BCUT2D eigenvalue weighted by atomic mass is 9.96. The summed E-state index contributed by atoms with van der Waals surface area (Å²) in [6.45, 7) is 2.86. The molecule has 1 saturated heterocycles. The molecule has 1 heterocycles. The molecule has 7 nitrogen and oxygen atoms in total. The predicted octanol–water partition coefficient (Wildman–Crippen LogP) is 7.96. The first-order valence-electron chi connectivity index (χ1n) is 16.8. The van der Waals surface area contributed by atoms with Crippen molar-refractivity contribution in [2.45, 2.75) is 26.2 Å². The fraction of sp³-hybridized carbons (Fsp3) is 0.163. The van der Waals surface area contributed by atoms with Crippen LogP contribution in [0.25, 0.3) is 17.2 Å². The molecule has 2 N–H and O–H groups in total. The second-order valence-corrected chi connectivity index (χ2v) is 12.6. The van der Waals surface area contributed by atoms with Crippen molar-refractivity contribution < 1.29 is 19.2 Å². The molecule has 250 valence electrons. The number of piperidine rings is 1. The zero-order valence-corrected chi connectivity index (χ0v) is 28.0. The Morgan fingerprint density at radius 3 is 2.16 bits per heavy atom. The van der Waals surface area contributed by atoms with Crippen molar-refractivity contribution in [2.24, 2.45) is 5.92 Å². The van der Waals surface area contributed by atoms with Crippen LogP contribution in [0, 0.1) is 12.8 Å². The zero-order valence-electron chi connectivity index (χ0n) is 28.0. The number of anilines is 2. The summed E-state index contributed by atoms with van der Waals surface area (Å²) in [7, 11) is 0. The highest BCUT2D eigenvalue weighted by Crippen LogP contribution is 2.26. The minimum absolute atomic E-state index is 0.142. The van der Waals surface area contributed by atoms with E-state index in [2.05, 4.69) is 22.8 Å². The van der Waals surface area contributed by atoms with Crippen LogP contribution in [0.2, 0.25) is 0 Å². The van der Waals surface area contributed by atoms with Crippen LogP contribution in [0.3, 0.4) is 0 Å². The van der Waals surface area contributed by atoms with E-state index in [0.29, 0.717) is 42.9 Å². The molecule has 7 heteroatoms. The lowest BCUT2D eigenvalue weighted by molar-refractivity contribution is -0.130. The second kappa shape index (κ2) is 15.9. The number of amides is 3. The van der Waals surface area contributed by atoms with Gasteiger partial charge in [0.1, 0.15) is 0 Å². The van der Waals surface area contributed by atoms with Crippen LogP contribution in [-0.4, -0.2) is 41.5 Å². The Balaban J connectivity index is 1.11. The first-order chi connectivity index (χ1) is 24.3. The average Bonchev–Trinajstić information content (AvgIpc) is 3.16. The summed E-state index contributed by atoms with van der Waals surface area (Å²) in [6.07, 6.45) is 4.86. The highest BCUT2D eigenvalue weighted by molar-refractivity contribution is 6.14. The van der Waals surface area contributed by atoms with Crippen LogP contribution >= 0.6 is 0 Å². The second-order valence-electron chi connectivity index (χ2n) is 12.6. The van der Waals surface area contributed by atoms with E-state index in [-0.39, 0.29) is 35.5 Å². The van der Waals surface area contributed by atoms with Gasteiger partial charge in [0.05, 0.1) is 18.0 Å². The van der Waals surface area contributed by atoms with Crippen molar-refractivity contribution in [1.82, 2.24) is 4.90 Å². The molecule has 5 aromatic rings. The van der Waals surface area contributed by atoms with Gasteiger partial charge in [-0.1, -0.05) is 115 Å². The van der Waals surface area contributed by atoms with Crippen molar-refractivity contribution in [1.29, 1.82) is 0 Å². The molecule has 50 heavy (non-hydrogen) atoms. The first kappa shape index (κ1) is 33.8. The molecule has 0 saturated carbocycles. The van der Waals surface area contributed by atoms with Gasteiger partial charge in [0.2, 0.25) is 17.7 Å². The summed E-state index contributed by atoms with van der Waals surface area (Å²) >= 11 is 0. The largest absolute Gasteiger partial charge is 0.338 e. The van der Waals surface area contributed by atoms with Crippen LogP contribution in [0.1, 0.15) is 45.5 Å². The monoisotopic (exact) mass is 661 g/mol. The van der Waals surface area contributed by atoms with Crippen LogP contribution in [0.5, 0.6) is 0 Å². The molecule has 0 spiro atoms. The molecular formula is C43H39N3O4. The van der Waals surface area contributed by atoms with E-state index in [1.54, 1.807) is 59.5 Å². The number of nitrogens with zero attached hydrogens (tertiary/aromatic N) is 1. The minimum Gasteiger partial charge on any atom is -0.338 e. The van der Waals surface area contributed by atoms with Crippen molar-refractivity contribution in [3.63, 3.8) is 0 Å². The summed E-state index contributed by atoms with van der Waals surface area (Å²) in [6, 6.07) is 39.6. The Kier molecular flexibility index (Phi) is 10.7. The van der Waals surface area contributed by atoms with E-state index in [1.165, 1.54) is 0 Å². The van der Waals surface area contributed by atoms with Crippen molar-refractivity contribution >= 4 is 41.0 Å². The van der Waals surface area contributed by atoms with Gasteiger partial charge in [0.25, 0.3) is 0 Å². The van der Waals surface area contributed by atoms with Crippen molar-refractivity contribution in [3.8, 4) is 11.1 Å². The van der Waals surface area contributed by atoms with E-state index in [9.17, 15) is 19.2 Å². The van der Waals surface area contributed by atoms with E-state index in [0.717, 1.165) is 27.8 Å². The number of ketones is 1. The van der Waals surface area contributed by atoms with E-state index >= 15 is 0 Å². The van der Waals surface area contributed by atoms with Gasteiger partial charge in [-0.25, -0.2) is 0 Å². The van der Waals surface area contributed by atoms with Gasteiger partial charge >= 0.3 is 0 Å². The molecule has 1 unspecified atom stereocenters. The van der Waals surface area contributed by atoms with E-state index < -0.39 is 5.92 Å². The third-order valence-corrected chi connectivity index (χ3v) is 8.87. The highest BCUT2D eigenvalue weighted by Gasteiger charge is 2.28. The maximum atomic E-state index is 13.6. The number of aryl methyl sites for hydroxylation is 1. The summed E-state index contributed by atoms with van der Waals surface area (Å²) in [5.74, 6) is -1.30. The standard InChI is InChI=1S/C43H39N3O4/c1-30-14-16-32(17-15-30)27-40(47)45-39-24-23-37(28-38(39)42(49)35-11-6-3-7-12-35)44-43(50)36-13-8-26-46(29-36)41(48)25-20-31-18-21-34(22-19-31)33-9-4-2-5-10-33/h2-7,9-12,14-25,28,36H,8,13,26-27,29H2,1H3,(H,44,50)(H,45,47)/b25-20+. The van der Waals surface area contributed by atoms with Gasteiger partial charge in [0.15, 0.2) is 5.78 Å². The fourth-order valence-corrected chi connectivity index (χ4v) is 6.08. The summed E-state index contributed by atoms with van der Waals surface area (Å²) in [4.78, 5) is 55.0. The summed E-state index contributed by atoms with van der Waals surface area (Å²) in [5.41, 5.74) is 6.66. The number of rotatable bonds is 10. The molecule has 1 aliphatic heterocycles. The molecule has 0 aromatic heterocycles. The molecule has 0 radical (unpaired) electrons. The Morgan fingerprint density at radius 2 is 1.44 bits per heavy atom. The molecule has 1 fully saturated rings. The highest BCUT2D eigenvalue weighted by atomic mass is 16.2. The van der Waals surface area contributed by atoms with Crippen LogP contribution in [-0.2, 0) is 20.8 Å². The number of hydrogen-bond donors (Lipinski definition) is 2. The molecule has 0 bridgehead atoms. The molecule has 6 rings (SSSR count). The minimum atomic E-state index is -0.409. The lowest BCUT2D eigenvalue weighted by Gasteiger charge is -2.31. The van der Waals surface area contributed by atoms with Gasteiger partial charge in [-0.3, -0.25) is 19.2 Å². The molecule has 1 aliphatic rings. The van der Waals surface area contributed by atoms with Gasteiger partial charge < -0.3 is 15.5 Å². The Morgan fingerprint density at radius 1 is 0.760 bits per heavy atom. The molecule has 3 amide bonds. The molecule has 5 aromatic carbocycles. The van der Waals surface area contributed by atoms with Crippen molar-refractivity contribution in [2.75, 3.05) is 23.7 Å². The van der Waals surface area contributed by atoms with Crippen LogP contribution < -0.4 is 10.6 Å². The predicted molar refractivity (Wildman–Crippen MR) is 199 cm³/mol. The number of nitrogens with one attached hydrogen (secondary N) is 2. The molecular weight excluding hydrogens is 622 g/mol. The maximum absolute atomic E-state index is 13.6. The Bertz CT molecular complexity index is 2000. The summed E-state index contributed by atoms with van der Waals surface area (Å²) < 4.78 is 0. The Hall–Kier alpha value is -6.08. The lowest BCUT2D eigenvalue weighted by Crippen LogP contribution is -2.43. The SMILES string of the molecule is Cc1ccc(CC(=O)Nc2ccc(NC(=O)C3CCCN(C(=O)/C=C/c4ccc(-c5ccccc5)cc4)C3)cc2C(=O)c2ccccc2)cc1. The van der Waals surface area contributed by atoms with Gasteiger partial charge in [-0.15, -0.1) is 0 Å². The van der Waals surface area contributed by atoms with Gasteiger partial charge in [-0.05, 0) is 66.3 Å². The smallest absolute Gasteiger partial charge is 0.246 e. The first-order valence-corrected chi connectivity index (χ1v) is 16.8. The topological polar surface area (TPSA) is 95.6 Å². The van der Waals surface area contributed by atoms with Crippen molar-refractivity contribution in [3.05, 3.63) is 161 Å². The van der Waals surface area contributed by atoms with E-state index in [1.807, 2.05) is 79.7 Å². The number of likely N-dealkylation sites (tertiary alicyclic amines) is 1. The fourth-order valence-electron chi connectivity index (χ4n) is 6.08. The van der Waals surface area contributed by atoms with Crippen LogP contribution in [0.15, 0.2) is 133 Å². The third kappa shape index (κ3) is 8.68. The Labute approximate surface area is 292 Å². The third-order valence-electron chi connectivity index (χ3n) is 8.87. The summed E-state index contributed by atoms with van der Waals surface area (Å²) in [5, 5.41) is 5.86. The zero-order chi connectivity index (χ0) is 34.9. The number of carbonyl (C=O) groups excluding carboxylic acids is 4. The maximum Gasteiger partial charge on any atom is 0.246 e. The van der Waals surface area contributed by atoms with Crippen LogP contribution in [0.4, 0.5) is 11.4 Å². The quantitative estimate of drug-likeness (QED) is 0.117. The number of carbonyl (C=O) groups is 4. The number of benzene rings is 5. The molecule has 1 atom stereocenters. The van der Waals surface area contributed by atoms with Gasteiger partial charge in [-0.2, -0.15) is 0 Å².